The summed E-state index contributed by atoms with van der Waals surface area (Å²) in [6.07, 6.45) is 8.98. The first-order chi connectivity index (χ1) is 15.1. The number of piperidine rings is 2. The summed E-state index contributed by atoms with van der Waals surface area (Å²) in [5.74, 6) is 1.05. The Morgan fingerprint density at radius 1 is 1.19 bits per heavy atom. The predicted molar refractivity (Wildman–Crippen MR) is 124 cm³/mol. The molecule has 3 fully saturated rings. The van der Waals surface area contributed by atoms with Crippen molar-refractivity contribution in [3.05, 3.63) is 24.1 Å². The van der Waals surface area contributed by atoms with Crippen LogP contribution < -0.4 is 15.5 Å². The van der Waals surface area contributed by atoms with Crippen molar-refractivity contribution in [3.8, 4) is 0 Å². The summed E-state index contributed by atoms with van der Waals surface area (Å²) < 4.78 is 14.1. The molecule has 3 aliphatic rings. The molecule has 0 amide bonds. The number of likely N-dealkylation sites (tertiary alicyclic amines) is 2. The van der Waals surface area contributed by atoms with Crippen molar-refractivity contribution in [1.29, 1.82) is 0 Å². The Morgan fingerprint density at radius 2 is 1.97 bits per heavy atom. The molecule has 0 aromatic carbocycles. The SMILES string of the molecule is CN=C(NCC1(N2CCCCC2)CCN(C)CC1)NC1CCN(c2ncccc2F)C1. The second kappa shape index (κ2) is 10.1. The lowest BCUT2D eigenvalue weighted by molar-refractivity contribution is 0.0173. The normalized spacial score (nSPS) is 25.6. The van der Waals surface area contributed by atoms with Gasteiger partial charge in [-0.05, 0) is 77.5 Å². The van der Waals surface area contributed by atoms with Gasteiger partial charge in [-0.1, -0.05) is 6.42 Å². The maximum atomic E-state index is 14.1. The molecule has 0 radical (unpaired) electrons. The second-order valence-corrected chi connectivity index (χ2v) is 9.39. The lowest BCUT2D eigenvalue weighted by Gasteiger charge is -2.50. The third-order valence-corrected chi connectivity index (χ3v) is 7.32. The van der Waals surface area contributed by atoms with E-state index in [1.807, 2.05) is 11.9 Å². The molecular formula is C23H38FN7. The van der Waals surface area contributed by atoms with Gasteiger partial charge < -0.3 is 20.4 Å². The van der Waals surface area contributed by atoms with Gasteiger partial charge in [0.2, 0.25) is 0 Å². The van der Waals surface area contributed by atoms with Gasteiger partial charge in [0, 0.05) is 44.5 Å². The number of guanidine groups is 1. The highest BCUT2D eigenvalue weighted by Gasteiger charge is 2.39. The molecule has 1 atom stereocenters. The Labute approximate surface area is 186 Å². The number of nitrogens with zero attached hydrogens (tertiary/aromatic N) is 5. The Balaban J connectivity index is 1.34. The van der Waals surface area contributed by atoms with Gasteiger partial charge in [-0.2, -0.15) is 0 Å². The Hall–Kier alpha value is -1.93. The van der Waals surface area contributed by atoms with Crippen molar-refractivity contribution < 1.29 is 4.39 Å². The van der Waals surface area contributed by atoms with Crippen molar-refractivity contribution in [2.24, 2.45) is 4.99 Å². The smallest absolute Gasteiger partial charge is 0.191 e. The van der Waals surface area contributed by atoms with E-state index in [2.05, 4.69) is 37.5 Å². The number of anilines is 1. The number of aromatic nitrogens is 1. The first kappa shape index (κ1) is 22.3. The van der Waals surface area contributed by atoms with Gasteiger partial charge in [-0.25, -0.2) is 9.37 Å². The van der Waals surface area contributed by atoms with E-state index in [4.69, 9.17) is 0 Å². The van der Waals surface area contributed by atoms with Crippen LogP contribution in [-0.2, 0) is 0 Å². The predicted octanol–water partition coefficient (Wildman–Crippen LogP) is 1.91. The summed E-state index contributed by atoms with van der Waals surface area (Å²) in [5, 5.41) is 7.23. The van der Waals surface area contributed by atoms with E-state index in [1.54, 1.807) is 12.3 Å². The third-order valence-electron chi connectivity index (χ3n) is 7.32. The first-order valence-corrected chi connectivity index (χ1v) is 11.9. The Morgan fingerprint density at radius 3 is 2.68 bits per heavy atom. The molecule has 31 heavy (non-hydrogen) atoms. The van der Waals surface area contributed by atoms with Gasteiger partial charge in [0.05, 0.1) is 0 Å². The van der Waals surface area contributed by atoms with Crippen LogP contribution in [0.4, 0.5) is 10.2 Å². The summed E-state index contributed by atoms with van der Waals surface area (Å²) in [4.78, 5) is 15.9. The van der Waals surface area contributed by atoms with Gasteiger partial charge in [-0.15, -0.1) is 0 Å². The van der Waals surface area contributed by atoms with Gasteiger partial charge >= 0.3 is 0 Å². The molecule has 8 heteroatoms. The molecule has 172 valence electrons. The topological polar surface area (TPSA) is 59.0 Å². The van der Waals surface area contributed by atoms with Gasteiger partial charge in [0.15, 0.2) is 17.6 Å². The van der Waals surface area contributed by atoms with Crippen molar-refractivity contribution in [2.75, 3.05) is 64.8 Å². The Bertz CT molecular complexity index is 741. The monoisotopic (exact) mass is 431 g/mol. The first-order valence-electron chi connectivity index (χ1n) is 11.9. The van der Waals surface area contributed by atoms with Gasteiger partial charge in [-0.3, -0.25) is 9.89 Å². The largest absolute Gasteiger partial charge is 0.355 e. The zero-order valence-electron chi connectivity index (χ0n) is 19.1. The number of hydrogen-bond donors (Lipinski definition) is 2. The van der Waals surface area contributed by atoms with E-state index in [1.165, 1.54) is 51.3 Å². The highest BCUT2D eigenvalue weighted by Crippen LogP contribution is 2.31. The molecule has 0 aliphatic carbocycles. The minimum absolute atomic E-state index is 0.212. The van der Waals surface area contributed by atoms with Gasteiger partial charge in [0.1, 0.15) is 0 Å². The van der Waals surface area contributed by atoms with Crippen molar-refractivity contribution >= 4 is 11.8 Å². The number of nitrogens with one attached hydrogen (secondary N) is 2. The van der Waals surface area contributed by atoms with Crippen LogP contribution in [-0.4, -0.2) is 92.2 Å². The van der Waals surface area contributed by atoms with Crippen LogP contribution in [0.2, 0.25) is 0 Å². The van der Waals surface area contributed by atoms with Crippen molar-refractivity contribution in [3.63, 3.8) is 0 Å². The molecule has 1 unspecified atom stereocenters. The molecule has 4 heterocycles. The summed E-state index contributed by atoms with van der Waals surface area (Å²) in [7, 11) is 4.06. The number of rotatable bonds is 5. The van der Waals surface area contributed by atoms with Crippen molar-refractivity contribution in [1.82, 2.24) is 25.4 Å². The van der Waals surface area contributed by atoms with E-state index >= 15 is 0 Å². The second-order valence-electron chi connectivity index (χ2n) is 9.39. The molecule has 2 N–H and O–H groups in total. The molecule has 0 bridgehead atoms. The molecule has 3 saturated heterocycles. The maximum Gasteiger partial charge on any atom is 0.191 e. The van der Waals surface area contributed by atoms with E-state index in [0.29, 0.717) is 5.82 Å². The van der Waals surface area contributed by atoms with E-state index in [9.17, 15) is 4.39 Å². The zero-order chi connectivity index (χ0) is 21.7. The fourth-order valence-corrected chi connectivity index (χ4v) is 5.32. The number of pyridine rings is 1. The van der Waals surface area contributed by atoms with Crippen LogP contribution in [0.5, 0.6) is 0 Å². The van der Waals surface area contributed by atoms with Gasteiger partial charge in [0.25, 0.3) is 0 Å². The van der Waals surface area contributed by atoms with Crippen LogP contribution in [0.3, 0.4) is 0 Å². The molecule has 4 rings (SSSR count). The summed E-state index contributed by atoms with van der Waals surface area (Å²) >= 11 is 0. The van der Waals surface area contributed by atoms with Crippen LogP contribution in [0.15, 0.2) is 23.3 Å². The molecule has 1 aromatic heterocycles. The number of halogens is 1. The summed E-state index contributed by atoms with van der Waals surface area (Å²) in [5.41, 5.74) is 0.212. The standard InChI is InChI=1S/C23H38FN7/c1-25-22(28-19-8-14-30(17-19)21-20(24)7-6-11-26-21)27-18-23(9-15-29(2)16-10-23)31-12-4-3-5-13-31/h6-7,11,19H,3-5,8-10,12-18H2,1-2H3,(H2,25,27,28). The molecule has 0 saturated carbocycles. The summed E-state index contributed by atoms with van der Waals surface area (Å²) in [6, 6.07) is 3.35. The average Bonchev–Trinajstić information content (AvgIpc) is 3.27. The molecule has 0 spiro atoms. The third kappa shape index (κ3) is 5.29. The highest BCUT2D eigenvalue weighted by molar-refractivity contribution is 5.80. The fourth-order valence-electron chi connectivity index (χ4n) is 5.32. The maximum absolute atomic E-state index is 14.1. The molecule has 3 aliphatic heterocycles. The molecule has 1 aromatic rings. The summed E-state index contributed by atoms with van der Waals surface area (Å²) in [6.45, 7) is 7.18. The van der Waals surface area contributed by atoms with Crippen LogP contribution in [0.25, 0.3) is 0 Å². The van der Waals surface area contributed by atoms with E-state index in [0.717, 1.165) is 45.1 Å². The Kier molecular flexibility index (Phi) is 7.27. The quantitative estimate of drug-likeness (QED) is 0.549. The number of hydrogen-bond acceptors (Lipinski definition) is 5. The van der Waals surface area contributed by atoms with Crippen LogP contribution in [0, 0.1) is 5.82 Å². The number of aliphatic imine (C=N–C) groups is 1. The van der Waals surface area contributed by atoms with E-state index < -0.39 is 0 Å². The molecule has 7 nitrogen and oxygen atoms in total. The fraction of sp³-hybridized carbons (Fsp3) is 0.739. The highest BCUT2D eigenvalue weighted by atomic mass is 19.1. The lowest BCUT2D eigenvalue weighted by Crippen LogP contribution is -2.62. The van der Waals surface area contributed by atoms with Crippen LogP contribution in [0.1, 0.15) is 38.5 Å². The lowest BCUT2D eigenvalue weighted by atomic mass is 9.84. The zero-order valence-corrected chi connectivity index (χ0v) is 19.1. The van der Waals surface area contributed by atoms with Crippen molar-refractivity contribution in [2.45, 2.75) is 50.1 Å². The molecular weight excluding hydrogens is 393 g/mol. The average molecular weight is 432 g/mol. The minimum Gasteiger partial charge on any atom is -0.355 e. The van der Waals surface area contributed by atoms with Crippen LogP contribution >= 0.6 is 0 Å². The minimum atomic E-state index is -0.253. The van der Waals surface area contributed by atoms with E-state index in [-0.39, 0.29) is 17.4 Å².